The molecule has 3 aliphatic rings. The Labute approximate surface area is 414 Å². The number of fused-ring (bicyclic) bond motifs is 1. The van der Waals surface area contributed by atoms with Gasteiger partial charge in [0.2, 0.25) is 17.7 Å². The first kappa shape index (κ1) is 51.2. The first-order valence-electron chi connectivity index (χ1n) is 24.3. The zero-order valence-corrected chi connectivity index (χ0v) is 41.2. The largest absolute Gasteiger partial charge is 0.494 e. The molecule has 71 heavy (non-hydrogen) atoms. The molecule has 0 aliphatic carbocycles. The number of unbranched alkanes of at least 4 members (excludes halogenated alkanes) is 1. The molecule has 0 saturated carbocycles. The summed E-state index contributed by atoms with van der Waals surface area (Å²) in [5, 5.41) is 31.9. The Balaban J connectivity index is 0.764. The number of halogens is 3. The Morgan fingerprint density at radius 3 is 2.39 bits per heavy atom. The van der Waals surface area contributed by atoms with Gasteiger partial charge in [-0.1, -0.05) is 55.4 Å². The van der Waals surface area contributed by atoms with Gasteiger partial charge in [0, 0.05) is 58.1 Å². The number of hydrogen-bond donors (Lipinski definition) is 3. The van der Waals surface area contributed by atoms with Crippen LogP contribution in [0.1, 0.15) is 117 Å². The predicted octanol–water partition coefficient (Wildman–Crippen LogP) is 6.95. The number of rotatable bonds is 19. The highest BCUT2D eigenvalue weighted by Gasteiger charge is 2.44. The number of nitrogens with one attached hydrogen (secondary N) is 2. The van der Waals surface area contributed by atoms with Crippen molar-refractivity contribution in [1.82, 2.24) is 45.4 Å². The van der Waals surface area contributed by atoms with Crippen molar-refractivity contribution < 1.29 is 46.7 Å². The number of alkyl halides is 3. The van der Waals surface area contributed by atoms with Crippen LogP contribution >= 0.6 is 11.3 Å². The van der Waals surface area contributed by atoms with E-state index in [1.165, 1.54) is 21.8 Å². The van der Waals surface area contributed by atoms with Gasteiger partial charge in [0.15, 0.2) is 5.82 Å². The number of thiazole rings is 1. The highest BCUT2D eigenvalue weighted by molar-refractivity contribution is 7.13. The molecule has 380 valence electrons. The third kappa shape index (κ3) is 12.7. The second kappa shape index (κ2) is 22.9. The van der Waals surface area contributed by atoms with Crippen LogP contribution in [0.5, 0.6) is 5.75 Å². The number of nitrogens with zero attached hydrogens (tertiary/aromatic N) is 8. The Morgan fingerprint density at radius 2 is 1.72 bits per heavy atom. The number of hydrogen-bond acceptors (Lipinski definition) is 14. The van der Waals surface area contributed by atoms with Crippen molar-refractivity contribution in [2.75, 3.05) is 46.0 Å². The van der Waals surface area contributed by atoms with Gasteiger partial charge < -0.3 is 39.5 Å². The maximum absolute atomic E-state index is 14.1. The maximum Gasteiger partial charge on any atom is 0.453 e. The van der Waals surface area contributed by atoms with Crippen molar-refractivity contribution >= 4 is 34.9 Å². The number of likely N-dealkylation sites (tertiary alicyclic amines) is 2. The summed E-state index contributed by atoms with van der Waals surface area (Å²) >= 11 is 1.53. The number of aliphatic hydroxyl groups is 1. The Bertz CT molecular complexity index is 2630. The lowest BCUT2D eigenvalue weighted by molar-refractivity contribution is -0.147. The molecule has 2 saturated heterocycles. The van der Waals surface area contributed by atoms with Crippen molar-refractivity contribution in [3.8, 4) is 16.2 Å². The van der Waals surface area contributed by atoms with Crippen molar-refractivity contribution in [3.05, 3.63) is 100 Å². The van der Waals surface area contributed by atoms with E-state index in [-0.39, 0.29) is 49.5 Å². The van der Waals surface area contributed by atoms with Gasteiger partial charge in [-0.3, -0.25) is 14.4 Å². The monoisotopic (exact) mass is 1000 g/mol. The van der Waals surface area contributed by atoms with Crippen LogP contribution in [0, 0.1) is 19.8 Å². The zero-order chi connectivity index (χ0) is 50.2. The summed E-state index contributed by atoms with van der Waals surface area (Å²) in [5.74, 6) is -0.710. The highest BCUT2D eigenvalue weighted by atomic mass is 32.1. The van der Waals surface area contributed by atoms with Crippen molar-refractivity contribution in [3.63, 3.8) is 0 Å². The molecule has 3 amide bonds. The van der Waals surface area contributed by atoms with Gasteiger partial charge in [0.1, 0.15) is 29.3 Å². The minimum absolute atomic E-state index is 0.0111. The number of amides is 3. The SMILES string of the molecule is Cc1cc(C(C(=O)N2C[C@H](O)CC2C(=O)N[C@@H](CC(=O)NCCOCCCCOc2ccc(C3CCN(C4=Nn5c(nnc5C(F)(F)F)CC4)CC3)cc2)c2ccc(-c3scnc3C)cc2)C(C)C)on1. The molecule has 5 aromatic rings. The number of benzene rings is 2. The summed E-state index contributed by atoms with van der Waals surface area (Å²) in [5.41, 5.74) is 6.19. The number of carbonyl (C=O) groups is 3. The van der Waals surface area contributed by atoms with E-state index in [1.807, 2.05) is 57.2 Å². The van der Waals surface area contributed by atoms with Crippen LogP contribution in [0.3, 0.4) is 0 Å². The fraction of sp³-hybridized carbons (Fsp3) is 0.520. The average molecular weight is 1000 g/mol. The average Bonchev–Trinajstić information content (AvgIpc) is 4.18. The summed E-state index contributed by atoms with van der Waals surface area (Å²) in [7, 11) is 0. The summed E-state index contributed by atoms with van der Waals surface area (Å²) in [6.45, 7) is 10.4. The van der Waals surface area contributed by atoms with Gasteiger partial charge in [-0.2, -0.15) is 22.9 Å². The minimum atomic E-state index is -4.62. The molecule has 0 bridgehead atoms. The van der Waals surface area contributed by atoms with Crippen molar-refractivity contribution in [1.29, 1.82) is 0 Å². The van der Waals surface area contributed by atoms with Gasteiger partial charge in [-0.05, 0) is 80.2 Å². The topological polar surface area (TPSA) is 202 Å². The maximum atomic E-state index is 14.1. The number of aromatic nitrogens is 5. The van der Waals surface area contributed by atoms with Crippen LogP contribution in [0.2, 0.25) is 0 Å². The van der Waals surface area contributed by atoms with E-state index >= 15 is 0 Å². The predicted molar refractivity (Wildman–Crippen MR) is 257 cm³/mol. The van der Waals surface area contributed by atoms with E-state index in [0.717, 1.165) is 52.2 Å². The number of β-amino-alcohol motifs (C(OH)–C–C–N with tert-alkyl or cyclic N) is 1. The van der Waals surface area contributed by atoms with Gasteiger partial charge in [-0.15, -0.1) is 21.5 Å². The molecule has 2 unspecified atom stereocenters. The Morgan fingerprint density at radius 1 is 0.972 bits per heavy atom. The number of aryl methyl sites for hydroxylation is 3. The quantitative estimate of drug-likeness (QED) is 0.0720. The van der Waals surface area contributed by atoms with Gasteiger partial charge in [-0.25, -0.2) is 4.98 Å². The molecule has 4 atom stereocenters. The van der Waals surface area contributed by atoms with Crippen LogP contribution in [0.4, 0.5) is 13.2 Å². The van der Waals surface area contributed by atoms with Crippen molar-refractivity contribution in [2.45, 2.75) is 115 Å². The first-order valence-corrected chi connectivity index (χ1v) is 25.1. The molecule has 3 aliphatic heterocycles. The third-order valence-electron chi connectivity index (χ3n) is 13.3. The second-order valence-electron chi connectivity index (χ2n) is 18.8. The number of aliphatic hydroxyl groups excluding tert-OH is 1. The molecule has 21 heteroatoms. The molecule has 2 aromatic carbocycles. The minimum Gasteiger partial charge on any atom is -0.494 e. The number of ether oxygens (including phenoxy) is 2. The number of carbonyl (C=O) groups excluding carboxylic acids is 3. The fourth-order valence-electron chi connectivity index (χ4n) is 9.50. The molecule has 0 spiro atoms. The molecule has 3 aromatic heterocycles. The van der Waals surface area contributed by atoms with Crippen LogP contribution in [0.25, 0.3) is 10.4 Å². The van der Waals surface area contributed by atoms with Crippen LogP contribution in [-0.4, -0.2) is 122 Å². The van der Waals surface area contributed by atoms with Crippen molar-refractivity contribution in [2.24, 2.45) is 11.0 Å². The molecule has 2 fully saturated rings. The van der Waals surface area contributed by atoms with Crippen LogP contribution < -0.4 is 15.4 Å². The van der Waals surface area contributed by atoms with Gasteiger partial charge in [0.05, 0.1) is 53.6 Å². The summed E-state index contributed by atoms with van der Waals surface area (Å²) in [6.07, 6.45) is -1.42. The standard InChI is InChI=1S/C50H61F3N10O7S/c1-30(2)45(41-25-31(3)60-70-41)48(67)62-28-37(64)26-40(62)47(66)56-39(35-7-9-36(10-8-35)46-32(4)55-29-71-46)27-44(65)54-19-24-68-22-5-6-23-69-38-13-11-33(12-14-38)34-17-20-61(21-18-34)43-16-15-42-57-58-49(50(51,52)53)63(42)59-43/h7-14,25,29-30,34,37,39-40,45,64H,5-6,15-24,26-28H2,1-4H3,(H,54,65)(H,56,66)/t37-,39+,40?,45?/m1/s1. The lowest BCUT2D eigenvalue weighted by Gasteiger charge is -2.35. The Kier molecular flexibility index (Phi) is 16.5. The number of piperidine rings is 1. The van der Waals surface area contributed by atoms with Crippen LogP contribution in [0.15, 0.2) is 69.7 Å². The lowest BCUT2D eigenvalue weighted by atomic mass is 9.89. The molecule has 6 heterocycles. The van der Waals surface area contributed by atoms with Gasteiger partial charge in [0.25, 0.3) is 5.82 Å². The zero-order valence-electron chi connectivity index (χ0n) is 40.4. The van der Waals surface area contributed by atoms with E-state index in [9.17, 15) is 32.7 Å². The van der Waals surface area contributed by atoms with E-state index < -0.39 is 42.0 Å². The normalized spacial score (nSPS) is 18.3. The van der Waals surface area contributed by atoms with E-state index in [2.05, 4.69) is 53.1 Å². The fourth-order valence-corrected chi connectivity index (χ4v) is 10.3. The second-order valence-corrected chi connectivity index (χ2v) is 19.6. The first-order chi connectivity index (χ1) is 34.1. The molecular weight excluding hydrogens is 942 g/mol. The smallest absolute Gasteiger partial charge is 0.453 e. The number of amidine groups is 1. The molecule has 17 nitrogen and oxygen atoms in total. The molecule has 0 radical (unpaired) electrons. The molecule has 8 rings (SSSR count). The summed E-state index contributed by atoms with van der Waals surface area (Å²) in [4.78, 5) is 50.5. The lowest BCUT2D eigenvalue weighted by Crippen LogP contribution is -2.49. The molecular formula is C50H61F3N10O7S. The summed E-state index contributed by atoms with van der Waals surface area (Å²) in [6, 6.07) is 15.7. The van der Waals surface area contributed by atoms with E-state index in [1.54, 1.807) is 18.5 Å². The van der Waals surface area contributed by atoms with E-state index in [0.29, 0.717) is 74.5 Å². The molecule has 3 N–H and O–H groups in total. The Hall–Kier alpha value is -6.19. The van der Waals surface area contributed by atoms with Gasteiger partial charge >= 0.3 is 6.18 Å². The highest BCUT2D eigenvalue weighted by Crippen LogP contribution is 2.35. The third-order valence-corrected chi connectivity index (χ3v) is 14.2. The van der Waals surface area contributed by atoms with Crippen LogP contribution in [-0.2, 0) is 31.7 Å². The van der Waals surface area contributed by atoms with E-state index in [4.69, 9.17) is 14.0 Å². The summed E-state index contributed by atoms with van der Waals surface area (Å²) < 4.78 is 58.3.